The molecule has 0 aromatic rings. The number of hydrogen-bond donors (Lipinski definition) is 16. The molecule has 0 amide bonds. The highest BCUT2D eigenvalue weighted by molar-refractivity contribution is 5.73. The third-order valence-corrected chi connectivity index (χ3v) is 23.7. The van der Waals surface area contributed by atoms with Crippen LogP contribution in [0.25, 0.3) is 0 Å². The lowest BCUT2D eigenvalue weighted by Gasteiger charge is -2.72. The third-order valence-electron chi connectivity index (χ3n) is 23.7. The molecule has 0 unspecified atom stereocenters. The van der Waals surface area contributed by atoms with Crippen LogP contribution in [0.1, 0.15) is 120 Å². The van der Waals surface area contributed by atoms with Crippen LogP contribution in [0.5, 0.6) is 0 Å². The molecule has 4 saturated carbocycles. The summed E-state index contributed by atoms with van der Waals surface area (Å²) in [4.78, 5) is 12.7. The van der Waals surface area contributed by atoms with Crippen molar-refractivity contribution >= 4 is 5.97 Å². The van der Waals surface area contributed by atoms with E-state index in [1.54, 1.807) is 0 Å². The molecule has 5 heterocycles. The minimum atomic E-state index is -2.13. The van der Waals surface area contributed by atoms with Gasteiger partial charge in [-0.15, -0.1) is 0 Å². The van der Waals surface area contributed by atoms with E-state index in [1.807, 2.05) is 6.92 Å². The van der Waals surface area contributed by atoms with Crippen molar-refractivity contribution in [1.29, 1.82) is 0 Å². The standard InChI is InChI=1S/C60H98O27/c1-23-33(64)37(68)43(74)50(78-23)85-46-39(70)35(66)27(20-61)80-52(46)83-32-19-55(3,4)18-26-25-10-11-30-57(6)14-13-31(58(7,22-63)29(57)12-15-60(30,9)59(25,8)17-16-56(26,32)5)82-54-48(42(73)41(72)45(84-54)49(76)77)87-53-47(40(71)36(67)28(21-62)81-53)86-51-44(75)38(69)34(65)24(2)79-51/h10,23-24,26-48,50-54,61-75H,11-22H2,1-9H3,(H,76,77)/t23-,24-,26-,27+,28+,29+,30+,31-,32+,33-,34-,35+,36-,37+,38+,39-,40-,41-,42-,43+,44+,45-,46+,47+,48+,50-,51-,52-,53-,54+,56+,57-,58-,59+,60+/m0/s1. The number of carboxylic acids is 1. The van der Waals surface area contributed by atoms with E-state index in [0.717, 1.165) is 19.3 Å². The van der Waals surface area contributed by atoms with Gasteiger partial charge in [-0.1, -0.05) is 60.1 Å². The number of carbonyl (C=O) groups is 1. The maximum atomic E-state index is 12.7. The van der Waals surface area contributed by atoms with Gasteiger partial charge >= 0.3 is 5.97 Å². The molecule has 9 fully saturated rings. The molecule has 0 aromatic heterocycles. The molecule has 0 radical (unpaired) electrons. The Kier molecular flexibility index (Phi) is 19.4. The van der Waals surface area contributed by atoms with Crippen molar-refractivity contribution in [3.8, 4) is 0 Å². The topological polar surface area (TPSA) is 433 Å². The van der Waals surface area contributed by atoms with E-state index in [9.17, 15) is 86.5 Å². The number of ether oxygens (including phenoxy) is 10. The predicted molar refractivity (Wildman–Crippen MR) is 294 cm³/mol. The van der Waals surface area contributed by atoms with E-state index in [4.69, 9.17) is 47.4 Å². The molecule has 27 heteroatoms. The summed E-state index contributed by atoms with van der Waals surface area (Å²) in [6.45, 7) is 16.5. The summed E-state index contributed by atoms with van der Waals surface area (Å²) >= 11 is 0. The van der Waals surface area contributed by atoms with E-state index in [2.05, 4.69) is 47.6 Å². The van der Waals surface area contributed by atoms with Gasteiger partial charge in [0.1, 0.15) is 104 Å². The van der Waals surface area contributed by atoms with Gasteiger partial charge in [0.05, 0.1) is 44.2 Å². The quantitative estimate of drug-likeness (QED) is 0.0625. The largest absolute Gasteiger partial charge is 0.479 e. The normalized spacial score (nSPS) is 56.0. The summed E-state index contributed by atoms with van der Waals surface area (Å²) < 4.78 is 61.6. The number of aliphatic carboxylic acids is 1. The smallest absolute Gasteiger partial charge is 0.335 e. The van der Waals surface area contributed by atoms with Gasteiger partial charge in [-0.05, 0) is 111 Å². The van der Waals surface area contributed by atoms with E-state index < -0.39 is 201 Å². The van der Waals surface area contributed by atoms with Gasteiger partial charge in [-0.3, -0.25) is 0 Å². The maximum absolute atomic E-state index is 12.7. The molecule has 16 N–H and O–H groups in total. The van der Waals surface area contributed by atoms with E-state index in [1.165, 1.54) is 19.4 Å². The van der Waals surface area contributed by atoms with Crippen LogP contribution in [0.3, 0.4) is 0 Å². The Morgan fingerprint density at radius 2 is 0.977 bits per heavy atom. The molecule has 5 aliphatic heterocycles. The average Bonchev–Trinajstić information content (AvgIpc) is 0.680. The Balaban J connectivity index is 0.905. The average molecular weight is 1250 g/mol. The highest BCUT2D eigenvalue weighted by Crippen LogP contribution is 2.76. The number of aliphatic hydroxyl groups is 15. The molecule has 5 aliphatic carbocycles. The van der Waals surface area contributed by atoms with Crippen molar-refractivity contribution in [2.75, 3.05) is 19.8 Å². The van der Waals surface area contributed by atoms with Gasteiger partial charge in [0.25, 0.3) is 0 Å². The summed E-state index contributed by atoms with van der Waals surface area (Å²) in [5.41, 5.74) is -1.60. The van der Waals surface area contributed by atoms with E-state index in [0.29, 0.717) is 38.5 Å². The molecule has 0 aromatic carbocycles. The molecule has 10 aliphatic rings. The lowest BCUT2D eigenvalue weighted by molar-refractivity contribution is -0.396. The van der Waals surface area contributed by atoms with Crippen LogP contribution >= 0.6 is 0 Å². The van der Waals surface area contributed by atoms with E-state index in [-0.39, 0.29) is 40.6 Å². The number of carboxylic acid groups (broad SMARTS) is 1. The Morgan fingerprint density at radius 3 is 1.48 bits per heavy atom. The van der Waals surface area contributed by atoms with Gasteiger partial charge < -0.3 is 129 Å². The maximum Gasteiger partial charge on any atom is 0.335 e. The number of allylic oxidation sites excluding steroid dienone is 2. The lowest BCUT2D eigenvalue weighted by atomic mass is 9.33. The molecule has 0 spiro atoms. The van der Waals surface area contributed by atoms with Gasteiger partial charge in [-0.2, -0.15) is 0 Å². The van der Waals surface area contributed by atoms with Gasteiger partial charge in [0, 0.05) is 10.8 Å². The monoisotopic (exact) mass is 1250 g/mol. The van der Waals surface area contributed by atoms with E-state index >= 15 is 0 Å². The number of hydrogen-bond acceptors (Lipinski definition) is 26. The second kappa shape index (κ2) is 24.8. The minimum absolute atomic E-state index is 0.0103. The Morgan fingerprint density at radius 1 is 0.494 bits per heavy atom. The van der Waals surface area contributed by atoms with Crippen molar-refractivity contribution in [3.63, 3.8) is 0 Å². The van der Waals surface area contributed by atoms with Crippen LogP contribution in [-0.2, 0) is 52.2 Å². The van der Waals surface area contributed by atoms with Crippen molar-refractivity contribution in [1.82, 2.24) is 0 Å². The zero-order valence-electron chi connectivity index (χ0n) is 51.0. The van der Waals surface area contributed by atoms with Gasteiger partial charge in [-0.25, -0.2) is 4.79 Å². The molecule has 0 bridgehead atoms. The second-order valence-electron chi connectivity index (χ2n) is 29.2. The molecule has 87 heavy (non-hydrogen) atoms. The highest BCUT2D eigenvalue weighted by atomic mass is 16.8. The second-order valence-corrected chi connectivity index (χ2v) is 29.2. The molecule has 35 atom stereocenters. The van der Waals surface area contributed by atoms with Gasteiger partial charge in [0.15, 0.2) is 37.6 Å². The first-order valence-electron chi connectivity index (χ1n) is 31.1. The summed E-state index contributed by atoms with van der Waals surface area (Å²) in [6.07, 6.45) is -35.0. The first kappa shape index (κ1) is 68.1. The van der Waals surface area contributed by atoms with Gasteiger partial charge in [0.2, 0.25) is 0 Å². The fourth-order valence-electron chi connectivity index (χ4n) is 18.0. The lowest BCUT2D eigenvalue weighted by Crippen LogP contribution is -2.68. The van der Waals surface area contributed by atoms with Crippen LogP contribution in [0.4, 0.5) is 0 Å². The Bertz CT molecular complexity index is 2440. The first-order valence-corrected chi connectivity index (χ1v) is 31.1. The van der Waals surface area contributed by atoms with Crippen molar-refractivity contribution < 1.29 is 134 Å². The molecule has 500 valence electrons. The summed E-state index contributed by atoms with van der Waals surface area (Å²) in [5, 5.41) is 174. The fourth-order valence-corrected chi connectivity index (χ4v) is 18.0. The minimum Gasteiger partial charge on any atom is -0.479 e. The zero-order chi connectivity index (χ0) is 63.7. The van der Waals surface area contributed by atoms with Crippen molar-refractivity contribution in [3.05, 3.63) is 11.6 Å². The zero-order valence-corrected chi connectivity index (χ0v) is 51.0. The molecular weight excluding hydrogens is 1150 g/mol. The summed E-state index contributed by atoms with van der Waals surface area (Å²) in [7, 11) is 0. The summed E-state index contributed by atoms with van der Waals surface area (Å²) in [5.74, 6) is -1.79. The Labute approximate surface area is 506 Å². The SMILES string of the molecule is C[C@@H]1O[C@@H](O[C@H]2[C@H](O[C@H]3[C@H](O[C@H]4CC[C@@]5(C)[C@@H](CC[C@]6(C)[C@@H]5CC=C5[C@@H]7CC(C)(C)C[C@@H](O[C@@H]8O[C@H](CO)[C@@H](O)[C@H](O)[C@H]8O[C@@H]8O[C@@H](C)[C@H](O)[C@@H](O)[C@H]8O)[C@]7(C)CC[C@]56C)[C@]4(C)CO)O[C@H](C(=O)O)[C@@H](O)[C@@H]3O)O[C@H](CO)[C@H](O)[C@@H]2O)[C@H](O)[C@H](O)[C@H]1O. The molecule has 5 saturated heterocycles. The number of aliphatic hydroxyl groups excluding tert-OH is 15. The van der Waals surface area contributed by atoms with Crippen LogP contribution < -0.4 is 0 Å². The third kappa shape index (κ3) is 11.3. The molecular formula is C60H98O27. The number of fused-ring (bicyclic) bond motifs is 7. The molecule has 27 nitrogen and oxygen atoms in total. The van der Waals surface area contributed by atoms with Crippen LogP contribution in [0, 0.1) is 50.2 Å². The molecule has 10 rings (SSSR count). The highest BCUT2D eigenvalue weighted by Gasteiger charge is 2.71. The van der Waals surface area contributed by atoms with Crippen molar-refractivity contribution in [2.45, 2.75) is 286 Å². The van der Waals surface area contributed by atoms with Crippen LogP contribution in [0.2, 0.25) is 0 Å². The first-order chi connectivity index (χ1) is 40.7. The predicted octanol–water partition coefficient (Wildman–Crippen LogP) is -2.62. The Hall–Kier alpha value is -1.79. The van der Waals surface area contributed by atoms with Crippen LogP contribution in [-0.4, -0.2) is 273 Å². The van der Waals surface area contributed by atoms with Crippen molar-refractivity contribution in [2.24, 2.45) is 50.2 Å². The number of rotatable bonds is 14. The fraction of sp³-hybridized carbons (Fsp3) is 0.950. The summed E-state index contributed by atoms with van der Waals surface area (Å²) in [6, 6.07) is 0. The van der Waals surface area contributed by atoms with Crippen LogP contribution in [0.15, 0.2) is 11.6 Å².